The van der Waals surface area contributed by atoms with Crippen molar-refractivity contribution in [3.05, 3.63) is 23.8 Å². The van der Waals surface area contributed by atoms with Gasteiger partial charge >= 0.3 is 0 Å². The van der Waals surface area contributed by atoms with E-state index in [1.54, 1.807) is 0 Å². The molecule has 0 bridgehead atoms. The van der Waals surface area contributed by atoms with E-state index in [9.17, 15) is 0 Å². The lowest BCUT2D eigenvalue weighted by atomic mass is 9.87. The van der Waals surface area contributed by atoms with E-state index in [2.05, 4.69) is 36.1 Å². The summed E-state index contributed by atoms with van der Waals surface area (Å²) in [6.45, 7) is 6.55. The fraction of sp³-hybridized carbons (Fsp3) is 0.400. The average Bonchev–Trinajstić information content (AvgIpc) is 1.92. The molecule has 1 unspecified atom stereocenters. The van der Waals surface area contributed by atoms with E-state index in [0.717, 1.165) is 11.0 Å². The zero-order chi connectivity index (χ0) is 9.35. The van der Waals surface area contributed by atoms with Crippen LogP contribution in [0.3, 0.4) is 0 Å². The number of nitrogen functional groups attached to an aromatic ring is 1. The van der Waals surface area contributed by atoms with Gasteiger partial charge in [-0.2, -0.15) is 0 Å². The van der Waals surface area contributed by atoms with E-state index in [1.807, 2.05) is 12.1 Å². The second kappa shape index (κ2) is 3.06. The van der Waals surface area contributed by atoms with Gasteiger partial charge in [0.1, 0.15) is 0 Å². The SMILES string of the molecule is CC(C)(C)c1ccc(P)c(N)c1. The Labute approximate surface area is 76.6 Å². The molecule has 12 heavy (non-hydrogen) atoms. The van der Waals surface area contributed by atoms with Gasteiger partial charge in [-0.05, 0) is 22.3 Å². The van der Waals surface area contributed by atoms with Gasteiger partial charge in [0.05, 0.1) is 0 Å². The van der Waals surface area contributed by atoms with Crippen LogP contribution in [0.15, 0.2) is 18.2 Å². The fourth-order valence-electron chi connectivity index (χ4n) is 1.04. The van der Waals surface area contributed by atoms with Crippen LogP contribution in [0.25, 0.3) is 0 Å². The molecule has 0 fully saturated rings. The summed E-state index contributed by atoms with van der Waals surface area (Å²) in [6, 6.07) is 6.21. The summed E-state index contributed by atoms with van der Waals surface area (Å²) >= 11 is 0. The Kier molecular flexibility index (Phi) is 2.44. The Morgan fingerprint density at radius 2 is 1.83 bits per heavy atom. The van der Waals surface area contributed by atoms with Crippen molar-refractivity contribution >= 4 is 20.2 Å². The lowest BCUT2D eigenvalue weighted by molar-refractivity contribution is 0.591. The van der Waals surface area contributed by atoms with Crippen LogP contribution in [0.5, 0.6) is 0 Å². The van der Waals surface area contributed by atoms with E-state index in [4.69, 9.17) is 5.73 Å². The van der Waals surface area contributed by atoms with Crippen LogP contribution in [0.2, 0.25) is 0 Å². The normalized spacial score (nSPS) is 11.7. The minimum absolute atomic E-state index is 0.187. The number of benzene rings is 1. The third-order valence-corrected chi connectivity index (χ3v) is 2.48. The van der Waals surface area contributed by atoms with Crippen LogP contribution in [0, 0.1) is 0 Å². The van der Waals surface area contributed by atoms with Gasteiger partial charge in [0.2, 0.25) is 0 Å². The van der Waals surface area contributed by atoms with E-state index in [0.29, 0.717) is 0 Å². The van der Waals surface area contributed by atoms with E-state index < -0.39 is 0 Å². The fourth-order valence-corrected chi connectivity index (χ4v) is 1.22. The molecular weight excluding hydrogens is 165 g/mol. The van der Waals surface area contributed by atoms with Gasteiger partial charge in [-0.3, -0.25) is 0 Å². The monoisotopic (exact) mass is 181 g/mol. The van der Waals surface area contributed by atoms with Crippen LogP contribution in [-0.4, -0.2) is 0 Å². The van der Waals surface area contributed by atoms with Gasteiger partial charge in [-0.25, -0.2) is 0 Å². The molecule has 0 aliphatic rings. The van der Waals surface area contributed by atoms with Crippen molar-refractivity contribution in [2.45, 2.75) is 26.2 Å². The van der Waals surface area contributed by atoms with Crippen molar-refractivity contribution < 1.29 is 0 Å². The lowest BCUT2D eigenvalue weighted by Crippen LogP contribution is -2.13. The first-order valence-corrected chi connectivity index (χ1v) is 4.64. The minimum Gasteiger partial charge on any atom is -0.398 e. The molecule has 2 heteroatoms. The zero-order valence-electron chi connectivity index (χ0n) is 7.89. The Morgan fingerprint density at radius 1 is 1.25 bits per heavy atom. The third kappa shape index (κ3) is 1.98. The highest BCUT2D eigenvalue weighted by Crippen LogP contribution is 2.23. The van der Waals surface area contributed by atoms with Crippen molar-refractivity contribution in [2.24, 2.45) is 0 Å². The number of hydrogen-bond donors (Lipinski definition) is 1. The molecule has 66 valence electrons. The van der Waals surface area contributed by atoms with Crippen molar-refractivity contribution in [1.82, 2.24) is 0 Å². The molecule has 0 aliphatic carbocycles. The molecule has 1 rings (SSSR count). The van der Waals surface area contributed by atoms with Crippen molar-refractivity contribution in [3.8, 4) is 0 Å². The van der Waals surface area contributed by atoms with Gasteiger partial charge in [0.25, 0.3) is 0 Å². The number of rotatable bonds is 0. The number of anilines is 1. The first-order chi connectivity index (χ1) is 5.41. The molecule has 0 radical (unpaired) electrons. The highest BCUT2D eigenvalue weighted by Gasteiger charge is 2.13. The van der Waals surface area contributed by atoms with E-state index in [1.165, 1.54) is 5.56 Å². The highest BCUT2D eigenvalue weighted by atomic mass is 31.0. The summed E-state index contributed by atoms with van der Waals surface area (Å²) < 4.78 is 0. The van der Waals surface area contributed by atoms with Crippen molar-refractivity contribution in [2.75, 3.05) is 5.73 Å². The molecule has 1 atom stereocenters. The Balaban J connectivity index is 3.14. The zero-order valence-corrected chi connectivity index (χ0v) is 9.04. The molecule has 0 amide bonds. The topological polar surface area (TPSA) is 26.0 Å². The maximum Gasteiger partial charge on any atom is 0.0389 e. The molecule has 0 spiro atoms. The van der Waals surface area contributed by atoms with Crippen molar-refractivity contribution in [3.63, 3.8) is 0 Å². The van der Waals surface area contributed by atoms with Gasteiger partial charge in [-0.1, -0.05) is 32.9 Å². The molecule has 0 heterocycles. The lowest BCUT2D eigenvalue weighted by Gasteiger charge is -2.19. The van der Waals surface area contributed by atoms with E-state index >= 15 is 0 Å². The van der Waals surface area contributed by atoms with Gasteiger partial charge in [0.15, 0.2) is 0 Å². The second-order valence-electron chi connectivity index (χ2n) is 4.09. The van der Waals surface area contributed by atoms with Gasteiger partial charge in [-0.15, -0.1) is 9.24 Å². The smallest absolute Gasteiger partial charge is 0.0389 e. The molecule has 2 N–H and O–H groups in total. The maximum atomic E-state index is 5.80. The molecule has 1 aromatic carbocycles. The third-order valence-electron chi connectivity index (χ3n) is 1.95. The molecule has 0 saturated heterocycles. The minimum atomic E-state index is 0.187. The van der Waals surface area contributed by atoms with Crippen LogP contribution in [0.1, 0.15) is 26.3 Å². The Bertz CT molecular complexity index is 286. The van der Waals surface area contributed by atoms with E-state index in [-0.39, 0.29) is 5.41 Å². The first-order valence-electron chi connectivity index (χ1n) is 4.07. The first kappa shape index (κ1) is 9.54. The molecule has 0 aliphatic heterocycles. The van der Waals surface area contributed by atoms with Crippen LogP contribution in [-0.2, 0) is 5.41 Å². The van der Waals surface area contributed by atoms with Gasteiger partial charge in [0, 0.05) is 5.69 Å². The van der Waals surface area contributed by atoms with Crippen LogP contribution < -0.4 is 11.0 Å². The predicted molar refractivity (Wildman–Crippen MR) is 58.9 cm³/mol. The summed E-state index contributed by atoms with van der Waals surface area (Å²) in [5.74, 6) is 0. The molecule has 1 nitrogen and oxygen atoms in total. The largest absolute Gasteiger partial charge is 0.398 e. The van der Waals surface area contributed by atoms with Gasteiger partial charge < -0.3 is 5.73 Å². The van der Waals surface area contributed by atoms with Crippen LogP contribution in [0.4, 0.5) is 5.69 Å². The molecule has 0 saturated carbocycles. The number of hydrogen-bond acceptors (Lipinski definition) is 1. The summed E-state index contributed by atoms with van der Waals surface area (Å²) in [6.07, 6.45) is 0. The van der Waals surface area contributed by atoms with Crippen molar-refractivity contribution in [1.29, 1.82) is 0 Å². The predicted octanol–water partition coefficient (Wildman–Crippen LogP) is 2.07. The summed E-state index contributed by atoms with van der Waals surface area (Å²) in [7, 11) is 2.63. The molecular formula is C10H16NP. The highest BCUT2D eigenvalue weighted by molar-refractivity contribution is 7.28. The number of nitrogens with two attached hydrogens (primary N) is 1. The summed E-state index contributed by atoms with van der Waals surface area (Å²) in [5.41, 5.74) is 8.12. The Hall–Kier alpha value is -0.550. The quantitative estimate of drug-likeness (QED) is 0.481. The average molecular weight is 181 g/mol. The standard InChI is InChI=1S/C10H16NP/c1-10(2,3)7-4-5-9(12)8(11)6-7/h4-6H,11-12H2,1-3H3. The maximum absolute atomic E-state index is 5.80. The summed E-state index contributed by atoms with van der Waals surface area (Å²) in [4.78, 5) is 0. The Morgan fingerprint density at radius 3 is 2.25 bits per heavy atom. The van der Waals surface area contributed by atoms with Crippen LogP contribution >= 0.6 is 9.24 Å². The second-order valence-corrected chi connectivity index (χ2v) is 4.72. The summed E-state index contributed by atoms with van der Waals surface area (Å²) in [5, 5.41) is 1.07. The molecule has 0 aromatic heterocycles. The molecule has 1 aromatic rings.